The van der Waals surface area contributed by atoms with Crippen LogP contribution < -0.4 is 9.46 Å². The molecule has 1 N–H and O–H groups in total. The Morgan fingerprint density at radius 2 is 1.93 bits per heavy atom. The molecule has 3 rings (SSSR count). The monoisotopic (exact) mass is 446 g/mol. The van der Waals surface area contributed by atoms with Gasteiger partial charge in [-0.05, 0) is 29.8 Å². The summed E-state index contributed by atoms with van der Waals surface area (Å²) in [4.78, 5) is 4.18. The Labute approximate surface area is 168 Å². The smallest absolute Gasteiger partial charge is 0.416 e. The van der Waals surface area contributed by atoms with Gasteiger partial charge >= 0.3 is 6.18 Å². The van der Waals surface area contributed by atoms with Gasteiger partial charge < -0.3 is 4.74 Å². The minimum absolute atomic E-state index is 0.0169. The van der Waals surface area contributed by atoms with Gasteiger partial charge in [-0.1, -0.05) is 18.2 Å². The van der Waals surface area contributed by atoms with E-state index in [1.54, 1.807) is 6.07 Å². The van der Waals surface area contributed by atoms with Crippen LogP contribution in [-0.4, -0.2) is 20.5 Å². The van der Waals surface area contributed by atoms with Gasteiger partial charge in [0.05, 0.1) is 17.6 Å². The first-order chi connectivity index (χ1) is 13.6. The van der Waals surface area contributed by atoms with Crippen LogP contribution in [0.3, 0.4) is 0 Å². The third-order valence-corrected chi connectivity index (χ3v) is 6.22. The summed E-state index contributed by atoms with van der Waals surface area (Å²) < 4.78 is 84.0. The maximum absolute atomic E-state index is 13.8. The van der Waals surface area contributed by atoms with Crippen molar-refractivity contribution in [1.29, 1.82) is 0 Å². The lowest BCUT2D eigenvalue weighted by Gasteiger charge is -2.08. The zero-order valence-electron chi connectivity index (χ0n) is 14.8. The molecule has 11 heteroatoms. The summed E-state index contributed by atoms with van der Waals surface area (Å²) in [6.07, 6.45) is -2.92. The highest BCUT2D eigenvalue weighted by Crippen LogP contribution is 2.31. The van der Waals surface area contributed by atoms with Crippen molar-refractivity contribution in [2.24, 2.45) is 0 Å². The standard InChI is InChI=1S/C18H14F4N2O3S2/c1-27-16-6-5-14(9-15(16)19)29(25,26)24-17-23-10-13(28-17)8-11-3-2-4-12(7-11)18(20,21)22/h2-7,9-10H,8H2,1H3,(H,23,24). The average Bonchev–Trinajstić information content (AvgIpc) is 3.07. The van der Waals surface area contributed by atoms with Crippen molar-refractivity contribution in [3.05, 3.63) is 70.5 Å². The molecule has 0 amide bonds. The molecule has 0 saturated carbocycles. The van der Waals surface area contributed by atoms with Crippen LogP contribution in [0.25, 0.3) is 0 Å². The van der Waals surface area contributed by atoms with Crippen LogP contribution in [0, 0.1) is 5.82 Å². The van der Waals surface area contributed by atoms with Gasteiger partial charge in [-0.3, -0.25) is 4.72 Å². The van der Waals surface area contributed by atoms with Crippen molar-refractivity contribution in [3.63, 3.8) is 0 Å². The van der Waals surface area contributed by atoms with Crippen molar-refractivity contribution in [2.75, 3.05) is 11.8 Å². The summed E-state index contributed by atoms with van der Waals surface area (Å²) in [5, 5.41) is 0.0169. The van der Waals surface area contributed by atoms with Crippen LogP contribution in [0.4, 0.5) is 22.7 Å². The number of hydrogen-bond acceptors (Lipinski definition) is 5. The lowest BCUT2D eigenvalue weighted by atomic mass is 10.1. The summed E-state index contributed by atoms with van der Waals surface area (Å²) in [6, 6.07) is 8.04. The number of hydrogen-bond donors (Lipinski definition) is 1. The molecule has 0 unspecified atom stereocenters. The Bertz CT molecular complexity index is 1130. The van der Waals surface area contributed by atoms with Gasteiger partial charge in [0.1, 0.15) is 0 Å². The quantitative estimate of drug-likeness (QED) is 0.558. The van der Waals surface area contributed by atoms with E-state index >= 15 is 0 Å². The van der Waals surface area contributed by atoms with Crippen molar-refractivity contribution in [1.82, 2.24) is 4.98 Å². The van der Waals surface area contributed by atoms with E-state index in [1.165, 1.54) is 31.5 Å². The van der Waals surface area contributed by atoms with Crippen LogP contribution in [0.1, 0.15) is 16.0 Å². The molecule has 3 aromatic rings. The second-order valence-corrected chi connectivity index (χ2v) is 8.71. The number of aromatic nitrogens is 1. The Balaban J connectivity index is 1.76. The highest BCUT2D eigenvalue weighted by Gasteiger charge is 2.30. The molecular formula is C18H14F4N2O3S2. The molecular weight excluding hydrogens is 432 g/mol. The highest BCUT2D eigenvalue weighted by atomic mass is 32.2. The summed E-state index contributed by atoms with van der Waals surface area (Å²) in [5.74, 6) is -0.929. The molecule has 5 nitrogen and oxygen atoms in total. The Morgan fingerprint density at radius 1 is 1.17 bits per heavy atom. The van der Waals surface area contributed by atoms with Gasteiger partial charge in [-0.2, -0.15) is 13.2 Å². The minimum atomic E-state index is -4.45. The first-order valence-electron chi connectivity index (χ1n) is 8.06. The summed E-state index contributed by atoms with van der Waals surface area (Å²) in [5.41, 5.74) is -0.350. The molecule has 0 atom stereocenters. The predicted molar refractivity (Wildman–Crippen MR) is 100 cm³/mol. The predicted octanol–water partition coefficient (Wildman–Crippen LogP) is 4.70. The number of nitrogens with one attached hydrogen (secondary N) is 1. The molecule has 0 saturated heterocycles. The summed E-state index contributed by atoms with van der Waals surface area (Å²) in [7, 11) is -2.84. The lowest BCUT2D eigenvalue weighted by Crippen LogP contribution is -2.13. The minimum Gasteiger partial charge on any atom is -0.494 e. The number of halogens is 4. The lowest BCUT2D eigenvalue weighted by molar-refractivity contribution is -0.137. The first-order valence-corrected chi connectivity index (χ1v) is 10.4. The van der Waals surface area contributed by atoms with Crippen molar-refractivity contribution in [3.8, 4) is 5.75 Å². The zero-order chi connectivity index (χ0) is 21.2. The van der Waals surface area contributed by atoms with Crippen LogP contribution >= 0.6 is 11.3 Å². The maximum Gasteiger partial charge on any atom is 0.416 e. The summed E-state index contributed by atoms with van der Waals surface area (Å²) >= 11 is 0.973. The van der Waals surface area contributed by atoms with Gasteiger partial charge in [0.2, 0.25) is 0 Å². The van der Waals surface area contributed by atoms with Crippen molar-refractivity contribution >= 4 is 26.5 Å². The van der Waals surface area contributed by atoms with Crippen molar-refractivity contribution in [2.45, 2.75) is 17.5 Å². The topological polar surface area (TPSA) is 68.3 Å². The van der Waals surface area contributed by atoms with Crippen LogP contribution in [-0.2, 0) is 22.6 Å². The van der Waals surface area contributed by atoms with Gasteiger partial charge in [-0.25, -0.2) is 17.8 Å². The van der Waals surface area contributed by atoms with Gasteiger partial charge in [0.15, 0.2) is 16.7 Å². The van der Waals surface area contributed by atoms with Crippen LogP contribution in [0.2, 0.25) is 0 Å². The molecule has 29 heavy (non-hydrogen) atoms. The normalized spacial score (nSPS) is 12.0. The molecule has 0 radical (unpaired) electrons. The van der Waals surface area contributed by atoms with Gasteiger partial charge in [0.25, 0.3) is 10.0 Å². The molecule has 0 spiro atoms. The molecule has 1 aromatic heterocycles. The largest absolute Gasteiger partial charge is 0.494 e. The van der Waals surface area contributed by atoms with Crippen LogP contribution in [0.5, 0.6) is 5.75 Å². The Kier molecular flexibility index (Phi) is 5.80. The second-order valence-electron chi connectivity index (χ2n) is 5.91. The fraction of sp³-hybridized carbons (Fsp3) is 0.167. The number of rotatable bonds is 6. The number of nitrogens with zero attached hydrogens (tertiary/aromatic N) is 1. The van der Waals surface area contributed by atoms with Gasteiger partial charge in [-0.15, -0.1) is 11.3 Å². The van der Waals surface area contributed by atoms with E-state index in [0.717, 1.165) is 29.5 Å². The van der Waals surface area contributed by atoms with E-state index in [1.807, 2.05) is 0 Å². The Morgan fingerprint density at radius 3 is 2.59 bits per heavy atom. The van der Waals surface area contributed by atoms with E-state index in [9.17, 15) is 26.0 Å². The fourth-order valence-electron chi connectivity index (χ4n) is 2.48. The summed E-state index contributed by atoms with van der Waals surface area (Å²) in [6.45, 7) is 0. The number of ether oxygens (including phenoxy) is 1. The molecule has 0 aliphatic rings. The van der Waals surface area contributed by atoms with Crippen LogP contribution in [0.15, 0.2) is 53.6 Å². The molecule has 1 heterocycles. The molecule has 0 aliphatic carbocycles. The number of alkyl halides is 3. The zero-order valence-corrected chi connectivity index (χ0v) is 16.5. The number of thiazole rings is 1. The second kappa shape index (κ2) is 7.99. The first kappa shape index (κ1) is 21.1. The van der Waals surface area contributed by atoms with E-state index in [4.69, 9.17) is 4.74 Å². The molecule has 0 aliphatic heterocycles. The van der Waals surface area contributed by atoms with E-state index < -0.39 is 27.6 Å². The maximum atomic E-state index is 13.8. The molecule has 0 fully saturated rings. The number of benzene rings is 2. The Hall–Kier alpha value is -2.66. The molecule has 2 aromatic carbocycles. The highest BCUT2D eigenvalue weighted by molar-refractivity contribution is 7.93. The van der Waals surface area contributed by atoms with E-state index in [2.05, 4.69) is 9.71 Å². The average molecular weight is 446 g/mol. The number of anilines is 1. The fourth-order valence-corrected chi connectivity index (χ4v) is 4.58. The molecule has 154 valence electrons. The van der Waals surface area contributed by atoms with E-state index in [-0.39, 0.29) is 22.2 Å². The SMILES string of the molecule is COc1ccc(S(=O)(=O)Nc2ncc(Cc3cccc(C(F)(F)F)c3)s2)cc1F. The molecule has 0 bridgehead atoms. The number of sulfonamides is 1. The number of methoxy groups -OCH3 is 1. The van der Waals surface area contributed by atoms with Crippen molar-refractivity contribution < 1.29 is 30.7 Å². The van der Waals surface area contributed by atoms with Gasteiger partial charge in [0, 0.05) is 17.5 Å². The third kappa shape index (κ3) is 5.04. The van der Waals surface area contributed by atoms with E-state index in [0.29, 0.717) is 10.4 Å². The third-order valence-electron chi connectivity index (χ3n) is 3.84.